The van der Waals surface area contributed by atoms with Crippen molar-refractivity contribution in [3.8, 4) is 0 Å². The van der Waals surface area contributed by atoms with Gasteiger partial charge in [-0.3, -0.25) is 4.57 Å². The number of aryl methyl sites for hydroxylation is 1. The van der Waals surface area contributed by atoms with Crippen LogP contribution < -0.4 is 5.76 Å². The van der Waals surface area contributed by atoms with Crippen molar-refractivity contribution in [3.63, 3.8) is 0 Å². The molecule has 3 rings (SSSR count). The third-order valence-electron chi connectivity index (χ3n) is 2.96. The average molecular weight is 275 g/mol. The molecule has 19 heavy (non-hydrogen) atoms. The van der Waals surface area contributed by atoms with E-state index < -0.39 is 0 Å². The highest BCUT2D eigenvalue weighted by Gasteiger charge is 2.09. The van der Waals surface area contributed by atoms with Gasteiger partial charge in [-0.05, 0) is 42.3 Å². The molecule has 0 aliphatic rings. The molecule has 0 fully saturated rings. The van der Waals surface area contributed by atoms with Crippen molar-refractivity contribution < 1.29 is 4.42 Å². The van der Waals surface area contributed by atoms with Crippen LogP contribution in [0.1, 0.15) is 11.1 Å². The highest BCUT2D eigenvalue weighted by atomic mass is 35.5. The molecule has 0 radical (unpaired) electrons. The highest BCUT2D eigenvalue weighted by molar-refractivity contribution is 6.29. The molecule has 0 atom stereocenters. The molecule has 3 aromatic rings. The van der Waals surface area contributed by atoms with E-state index in [4.69, 9.17) is 16.0 Å². The summed E-state index contributed by atoms with van der Waals surface area (Å²) in [5.41, 5.74) is 3.35. The highest BCUT2D eigenvalue weighted by Crippen LogP contribution is 2.16. The number of oxazole rings is 1. The van der Waals surface area contributed by atoms with E-state index in [1.807, 2.05) is 31.2 Å². The summed E-state index contributed by atoms with van der Waals surface area (Å²) in [6.45, 7) is 2.37. The van der Waals surface area contributed by atoms with Gasteiger partial charge >= 0.3 is 5.76 Å². The Morgan fingerprint density at radius 2 is 2.16 bits per heavy atom. The Balaban J connectivity index is 2.10. The lowest BCUT2D eigenvalue weighted by molar-refractivity contribution is 0.517. The van der Waals surface area contributed by atoms with Gasteiger partial charge < -0.3 is 4.42 Å². The third-order valence-corrected chi connectivity index (χ3v) is 3.16. The molecule has 96 valence electrons. The van der Waals surface area contributed by atoms with E-state index in [1.54, 1.807) is 16.8 Å². The summed E-state index contributed by atoms with van der Waals surface area (Å²) in [7, 11) is 0. The number of hydrogen-bond donors (Lipinski definition) is 0. The van der Waals surface area contributed by atoms with E-state index in [-0.39, 0.29) is 5.76 Å². The molecule has 0 amide bonds. The van der Waals surface area contributed by atoms with Crippen LogP contribution in [-0.4, -0.2) is 9.55 Å². The summed E-state index contributed by atoms with van der Waals surface area (Å²) in [4.78, 5) is 15.8. The Morgan fingerprint density at radius 3 is 2.95 bits per heavy atom. The molecule has 0 N–H and O–H groups in total. The second-order valence-corrected chi connectivity index (χ2v) is 4.80. The van der Waals surface area contributed by atoms with Crippen LogP contribution in [0.15, 0.2) is 45.7 Å². The fourth-order valence-electron chi connectivity index (χ4n) is 2.05. The van der Waals surface area contributed by atoms with Gasteiger partial charge in [0.25, 0.3) is 0 Å². The molecule has 0 aliphatic heterocycles. The van der Waals surface area contributed by atoms with Crippen LogP contribution in [0.2, 0.25) is 5.15 Å². The monoisotopic (exact) mass is 274 g/mol. The van der Waals surface area contributed by atoms with Crippen LogP contribution >= 0.6 is 11.6 Å². The van der Waals surface area contributed by atoms with Crippen molar-refractivity contribution in [1.29, 1.82) is 0 Å². The molecule has 2 heterocycles. The smallest absolute Gasteiger partial charge is 0.408 e. The Labute approximate surface area is 114 Å². The summed E-state index contributed by atoms with van der Waals surface area (Å²) < 4.78 is 6.82. The molecule has 0 saturated carbocycles. The number of halogens is 1. The van der Waals surface area contributed by atoms with Crippen LogP contribution in [0, 0.1) is 6.92 Å². The predicted molar refractivity (Wildman–Crippen MR) is 73.6 cm³/mol. The Kier molecular flexibility index (Phi) is 2.87. The lowest BCUT2D eigenvalue weighted by atomic mass is 10.2. The van der Waals surface area contributed by atoms with Crippen molar-refractivity contribution in [2.45, 2.75) is 13.5 Å². The number of nitrogens with zero attached hydrogens (tertiary/aromatic N) is 2. The first-order chi connectivity index (χ1) is 9.13. The van der Waals surface area contributed by atoms with Gasteiger partial charge in [0, 0.05) is 6.20 Å². The largest absolute Gasteiger partial charge is 0.420 e. The summed E-state index contributed by atoms with van der Waals surface area (Å²) in [5.74, 6) is -0.367. The molecule has 0 spiro atoms. The van der Waals surface area contributed by atoms with Gasteiger partial charge in [-0.25, -0.2) is 9.78 Å². The van der Waals surface area contributed by atoms with Crippen molar-refractivity contribution in [3.05, 3.63) is 63.4 Å². The molecular formula is C14H11ClN2O2. The SMILES string of the molecule is Cc1ccc2c(c1)oc(=O)n2Cc1ccnc(Cl)c1. The summed E-state index contributed by atoms with van der Waals surface area (Å²) in [6.07, 6.45) is 1.62. The lowest BCUT2D eigenvalue weighted by Crippen LogP contribution is -2.14. The number of aromatic nitrogens is 2. The quantitative estimate of drug-likeness (QED) is 0.675. The Hall–Kier alpha value is -2.07. The minimum absolute atomic E-state index is 0.367. The minimum Gasteiger partial charge on any atom is -0.408 e. The van der Waals surface area contributed by atoms with Crippen LogP contribution in [-0.2, 0) is 6.54 Å². The Morgan fingerprint density at radius 1 is 1.32 bits per heavy atom. The summed E-state index contributed by atoms with van der Waals surface area (Å²) >= 11 is 5.84. The van der Waals surface area contributed by atoms with Crippen LogP contribution in [0.4, 0.5) is 0 Å². The maximum absolute atomic E-state index is 11.9. The average Bonchev–Trinajstić information content (AvgIpc) is 2.65. The zero-order valence-corrected chi connectivity index (χ0v) is 11.0. The minimum atomic E-state index is -0.367. The topological polar surface area (TPSA) is 48.0 Å². The second kappa shape index (κ2) is 4.55. The van der Waals surface area contributed by atoms with Crippen molar-refractivity contribution >= 4 is 22.7 Å². The normalized spacial score (nSPS) is 11.1. The van der Waals surface area contributed by atoms with Gasteiger partial charge in [0.05, 0.1) is 12.1 Å². The van der Waals surface area contributed by atoms with Crippen molar-refractivity contribution in [1.82, 2.24) is 9.55 Å². The van der Waals surface area contributed by atoms with Gasteiger partial charge in [0.1, 0.15) is 5.15 Å². The van der Waals surface area contributed by atoms with Crippen LogP contribution in [0.5, 0.6) is 0 Å². The van der Waals surface area contributed by atoms with E-state index in [2.05, 4.69) is 4.98 Å². The maximum Gasteiger partial charge on any atom is 0.420 e. The van der Waals surface area contributed by atoms with Gasteiger partial charge in [0.15, 0.2) is 5.58 Å². The molecule has 0 unspecified atom stereocenters. The third kappa shape index (κ3) is 2.27. The summed E-state index contributed by atoms with van der Waals surface area (Å²) in [6, 6.07) is 9.25. The molecule has 0 bridgehead atoms. The van der Waals surface area contributed by atoms with E-state index in [1.165, 1.54) is 0 Å². The first-order valence-electron chi connectivity index (χ1n) is 5.84. The fourth-order valence-corrected chi connectivity index (χ4v) is 2.24. The number of rotatable bonds is 2. The number of pyridine rings is 1. The Bertz CT molecular complexity index is 805. The first kappa shape index (κ1) is 12.0. The maximum atomic E-state index is 11.9. The van der Waals surface area contributed by atoms with Gasteiger partial charge in [-0.15, -0.1) is 0 Å². The molecule has 0 aliphatic carbocycles. The molecule has 1 aromatic carbocycles. The van der Waals surface area contributed by atoms with Crippen LogP contribution in [0.3, 0.4) is 0 Å². The number of benzene rings is 1. The number of hydrogen-bond acceptors (Lipinski definition) is 3. The van der Waals surface area contributed by atoms with Gasteiger partial charge in [0.2, 0.25) is 0 Å². The molecule has 5 heteroatoms. The first-order valence-corrected chi connectivity index (χ1v) is 6.22. The predicted octanol–water partition coefficient (Wildman–Crippen LogP) is 3.00. The standard InChI is InChI=1S/C14H11ClN2O2/c1-9-2-3-11-12(6-9)19-14(18)17(11)8-10-4-5-16-13(15)7-10/h2-7H,8H2,1H3. The van der Waals surface area contributed by atoms with E-state index in [0.29, 0.717) is 17.3 Å². The van der Waals surface area contributed by atoms with Crippen molar-refractivity contribution in [2.24, 2.45) is 0 Å². The fraction of sp³-hybridized carbons (Fsp3) is 0.143. The molecular weight excluding hydrogens is 264 g/mol. The van der Waals surface area contributed by atoms with Gasteiger partial charge in [-0.1, -0.05) is 17.7 Å². The van der Waals surface area contributed by atoms with Crippen molar-refractivity contribution in [2.75, 3.05) is 0 Å². The second-order valence-electron chi connectivity index (χ2n) is 4.41. The van der Waals surface area contributed by atoms with E-state index in [0.717, 1.165) is 16.6 Å². The summed E-state index contributed by atoms with van der Waals surface area (Å²) in [5, 5.41) is 0.411. The zero-order chi connectivity index (χ0) is 13.4. The number of fused-ring (bicyclic) bond motifs is 1. The molecule has 4 nitrogen and oxygen atoms in total. The zero-order valence-electron chi connectivity index (χ0n) is 10.3. The van der Waals surface area contributed by atoms with Crippen LogP contribution in [0.25, 0.3) is 11.1 Å². The molecule has 2 aromatic heterocycles. The van der Waals surface area contributed by atoms with E-state index >= 15 is 0 Å². The molecule has 0 saturated heterocycles. The lowest BCUT2D eigenvalue weighted by Gasteiger charge is -2.02. The van der Waals surface area contributed by atoms with E-state index in [9.17, 15) is 4.79 Å². The van der Waals surface area contributed by atoms with Gasteiger partial charge in [-0.2, -0.15) is 0 Å².